The van der Waals surface area contributed by atoms with E-state index in [4.69, 9.17) is 0 Å². The van der Waals surface area contributed by atoms with Crippen LogP contribution >= 0.6 is 23.1 Å². The minimum absolute atomic E-state index is 0.0494. The molecular formula is C14H15N3O3S2. The second-order valence-electron chi connectivity index (χ2n) is 4.96. The molecule has 2 aromatic heterocycles. The predicted molar refractivity (Wildman–Crippen MR) is 87.7 cm³/mol. The maximum atomic E-state index is 12.4. The van der Waals surface area contributed by atoms with Crippen molar-refractivity contribution < 1.29 is 4.79 Å². The van der Waals surface area contributed by atoms with Gasteiger partial charge in [0.1, 0.15) is 5.69 Å². The fraction of sp³-hybridized carbons (Fsp3) is 0.357. The zero-order valence-corrected chi connectivity index (χ0v) is 13.3. The smallest absolute Gasteiger partial charge is 0.326 e. The van der Waals surface area contributed by atoms with Gasteiger partial charge in [0.05, 0.1) is 0 Å². The molecule has 0 radical (unpaired) electrons. The molecule has 3 heterocycles. The number of aromatic amines is 2. The van der Waals surface area contributed by atoms with E-state index in [1.165, 1.54) is 4.88 Å². The largest absolute Gasteiger partial charge is 0.336 e. The van der Waals surface area contributed by atoms with Crippen molar-refractivity contribution >= 4 is 29.0 Å². The molecular weight excluding hydrogens is 322 g/mol. The van der Waals surface area contributed by atoms with Gasteiger partial charge >= 0.3 is 5.69 Å². The molecule has 1 aliphatic rings. The highest BCUT2D eigenvalue weighted by Crippen LogP contribution is 2.36. The topological polar surface area (TPSA) is 86.0 Å². The first-order valence-corrected chi connectivity index (χ1v) is 8.84. The molecule has 1 aliphatic heterocycles. The zero-order chi connectivity index (χ0) is 15.5. The molecule has 1 fully saturated rings. The van der Waals surface area contributed by atoms with Gasteiger partial charge in [0.25, 0.3) is 11.5 Å². The van der Waals surface area contributed by atoms with E-state index in [0.29, 0.717) is 18.3 Å². The molecule has 0 unspecified atom stereocenters. The molecule has 2 N–H and O–H groups in total. The Kier molecular flexibility index (Phi) is 4.49. The first kappa shape index (κ1) is 15.1. The number of carbonyl (C=O) groups is 1. The quantitative estimate of drug-likeness (QED) is 0.868. The first-order valence-electron chi connectivity index (χ1n) is 6.91. The van der Waals surface area contributed by atoms with Crippen molar-refractivity contribution in [3.8, 4) is 0 Å². The monoisotopic (exact) mass is 337 g/mol. The molecule has 116 valence electrons. The van der Waals surface area contributed by atoms with Crippen molar-refractivity contribution in [2.75, 3.05) is 18.8 Å². The van der Waals surface area contributed by atoms with Crippen LogP contribution in [0.25, 0.3) is 0 Å². The Morgan fingerprint density at radius 2 is 2.14 bits per heavy atom. The van der Waals surface area contributed by atoms with Crippen molar-refractivity contribution in [2.24, 2.45) is 0 Å². The summed E-state index contributed by atoms with van der Waals surface area (Å²) in [5.41, 5.74) is -1.17. The summed E-state index contributed by atoms with van der Waals surface area (Å²) in [7, 11) is 0. The van der Waals surface area contributed by atoms with Crippen LogP contribution in [0.15, 0.2) is 33.2 Å². The summed E-state index contributed by atoms with van der Waals surface area (Å²) in [5.74, 6) is 0.539. The fourth-order valence-corrected chi connectivity index (χ4v) is 4.67. The molecule has 1 atom stereocenters. The predicted octanol–water partition coefficient (Wildman–Crippen LogP) is 1.45. The lowest BCUT2D eigenvalue weighted by Crippen LogP contribution is -2.36. The standard InChI is InChI=1S/C14H15N3O3S2/c18-12-8-9(15-14(20)16-12)13(19)17-4-3-11(22-7-5-17)10-2-1-6-21-10/h1-2,6,8,11H,3-5,7H2,(H2,15,16,18,20)/t11-/m0/s1. The molecule has 0 aromatic carbocycles. The third-order valence-corrected chi connectivity index (χ3v) is 5.93. The molecule has 1 saturated heterocycles. The number of amides is 1. The van der Waals surface area contributed by atoms with Crippen LogP contribution in [0, 0.1) is 0 Å². The average molecular weight is 337 g/mol. The number of H-pyrrole nitrogens is 2. The van der Waals surface area contributed by atoms with E-state index in [9.17, 15) is 14.4 Å². The summed E-state index contributed by atoms with van der Waals surface area (Å²) >= 11 is 3.57. The van der Waals surface area contributed by atoms with Crippen LogP contribution < -0.4 is 11.2 Å². The van der Waals surface area contributed by atoms with Crippen molar-refractivity contribution in [1.29, 1.82) is 0 Å². The molecule has 0 saturated carbocycles. The minimum Gasteiger partial charge on any atom is -0.336 e. The highest BCUT2D eigenvalue weighted by molar-refractivity contribution is 7.99. The lowest BCUT2D eigenvalue weighted by molar-refractivity contribution is 0.0760. The van der Waals surface area contributed by atoms with Crippen LogP contribution in [0.1, 0.15) is 27.0 Å². The number of carbonyl (C=O) groups excluding carboxylic acids is 1. The Labute approximate surface area is 134 Å². The minimum atomic E-state index is -0.656. The number of hydrogen-bond acceptors (Lipinski definition) is 5. The lowest BCUT2D eigenvalue weighted by Gasteiger charge is -2.19. The molecule has 2 aromatic rings. The van der Waals surface area contributed by atoms with Gasteiger partial charge in [-0.1, -0.05) is 6.07 Å². The van der Waals surface area contributed by atoms with Gasteiger partial charge in [-0.05, 0) is 17.9 Å². The van der Waals surface area contributed by atoms with Gasteiger partial charge in [-0.2, -0.15) is 11.8 Å². The first-order chi connectivity index (χ1) is 10.6. The number of hydrogen-bond donors (Lipinski definition) is 2. The van der Waals surface area contributed by atoms with Crippen molar-refractivity contribution in [3.63, 3.8) is 0 Å². The highest BCUT2D eigenvalue weighted by atomic mass is 32.2. The van der Waals surface area contributed by atoms with Crippen LogP contribution in [0.2, 0.25) is 0 Å². The van der Waals surface area contributed by atoms with Crippen molar-refractivity contribution in [3.05, 3.63) is 55.0 Å². The molecule has 22 heavy (non-hydrogen) atoms. The number of nitrogens with zero attached hydrogens (tertiary/aromatic N) is 1. The van der Waals surface area contributed by atoms with Gasteiger partial charge in [-0.3, -0.25) is 14.6 Å². The van der Waals surface area contributed by atoms with Crippen LogP contribution in [-0.2, 0) is 0 Å². The van der Waals surface area contributed by atoms with Gasteiger partial charge in [0.15, 0.2) is 0 Å². The normalized spacial score (nSPS) is 18.9. The van der Waals surface area contributed by atoms with Gasteiger partial charge in [0, 0.05) is 35.0 Å². The van der Waals surface area contributed by atoms with E-state index in [1.54, 1.807) is 16.2 Å². The molecule has 8 heteroatoms. The maximum Gasteiger partial charge on any atom is 0.326 e. The van der Waals surface area contributed by atoms with E-state index in [-0.39, 0.29) is 11.6 Å². The lowest BCUT2D eigenvalue weighted by atomic mass is 10.2. The van der Waals surface area contributed by atoms with Crippen LogP contribution in [0.3, 0.4) is 0 Å². The Morgan fingerprint density at radius 3 is 2.86 bits per heavy atom. The third-order valence-electron chi connectivity index (χ3n) is 3.48. The van der Waals surface area contributed by atoms with E-state index < -0.39 is 11.2 Å². The number of thiophene rings is 1. The second kappa shape index (κ2) is 6.53. The number of aromatic nitrogens is 2. The van der Waals surface area contributed by atoms with Crippen LogP contribution in [-0.4, -0.2) is 39.6 Å². The maximum absolute atomic E-state index is 12.4. The van der Waals surface area contributed by atoms with Crippen molar-refractivity contribution in [1.82, 2.24) is 14.9 Å². The molecule has 0 spiro atoms. The van der Waals surface area contributed by atoms with E-state index in [0.717, 1.165) is 18.2 Å². The number of nitrogens with one attached hydrogen (secondary N) is 2. The highest BCUT2D eigenvalue weighted by Gasteiger charge is 2.24. The van der Waals surface area contributed by atoms with Crippen LogP contribution in [0.5, 0.6) is 0 Å². The molecule has 0 bridgehead atoms. The SMILES string of the molecule is O=C(c1cc(=O)[nH]c(=O)[nH]1)N1CCS[C@H](c2cccs2)CC1. The molecule has 6 nitrogen and oxygen atoms in total. The van der Waals surface area contributed by atoms with Gasteiger partial charge in [-0.25, -0.2) is 4.79 Å². The number of rotatable bonds is 2. The Hall–Kier alpha value is -1.80. The average Bonchev–Trinajstić information content (AvgIpc) is 2.90. The van der Waals surface area contributed by atoms with Crippen molar-refractivity contribution in [2.45, 2.75) is 11.7 Å². The summed E-state index contributed by atoms with van der Waals surface area (Å²) in [6.07, 6.45) is 0.865. The molecule has 3 rings (SSSR count). The molecule has 0 aliphatic carbocycles. The molecule has 1 amide bonds. The number of thioether (sulfide) groups is 1. The van der Waals surface area contributed by atoms with Gasteiger partial charge in [-0.15, -0.1) is 11.3 Å². The van der Waals surface area contributed by atoms with Gasteiger partial charge in [0.2, 0.25) is 0 Å². The summed E-state index contributed by atoms with van der Waals surface area (Å²) < 4.78 is 0. The van der Waals surface area contributed by atoms with Crippen LogP contribution in [0.4, 0.5) is 0 Å². The fourth-order valence-electron chi connectivity index (χ4n) is 2.43. The Bertz CT molecular complexity index is 738. The summed E-state index contributed by atoms with van der Waals surface area (Å²) in [6.45, 7) is 1.23. The Morgan fingerprint density at radius 1 is 1.27 bits per heavy atom. The Balaban J connectivity index is 1.74. The van der Waals surface area contributed by atoms with Gasteiger partial charge < -0.3 is 9.88 Å². The summed E-state index contributed by atoms with van der Waals surface area (Å²) in [4.78, 5) is 42.5. The summed E-state index contributed by atoms with van der Waals surface area (Å²) in [6, 6.07) is 5.29. The van der Waals surface area contributed by atoms with E-state index in [2.05, 4.69) is 21.4 Å². The van der Waals surface area contributed by atoms with E-state index >= 15 is 0 Å². The zero-order valence-electron chi connectivity index (χ0n) is 11.7. The second-order valence-corrected chi connectivity index (χ2v) is 7.25. The van der Waals surface area contributed by atoms with E-state index in [1.807, 2.05) is 17.8 Å². The third kappa shape index (κ3) is 3.33. The summed E-state index contributed by atoms with van der Waals surface area (Å²) in [5, 5.41) is 2.46.